The molecule has 0 atom stereocenters. The Morgan fingerprint density at radius 1 is 1.26 bits per heavy atom. The highest BCUT2D eigenvalue weighted by molar-refractivity contribution is 7.92. The number of hydrogen-bond acceptors (Lipinski definition) is 4. The maximum Gasteiger partial charge on any atom is 0.235 e. The lowest BCUT2D eigenvalue weighted by Crippen LogP contribution is -2.46. The van der Waals surface area contributed by atoms with E-state index >= 15 is 0 Å². The number of ether oxygens (including phenoxy) is 1. The van der Waals surface area contributed by atoms with Crippen molar-refractivity contribution in [1.29, 1.82) is 0 Å². The topological polar surface area (TPSA) is 72.5 Å². The maximum absolute atomic E-state index is 12.0. The predicted molar refractivity (Wildman–Crippen MR) is 90.2 cm³/mol. The summed E-state index contributed by atoms with van der Waals surface area (Å²) in [4.78, 5) is 12.0. The van der Waals surface area contributed by atoms with Gasteiger partial charge in [-0.1, -0.05) is 31.2 Å². The van der Waals surface area contributed by atoms with Gasteiger partial charge in [-0.3, -0.25) is 4.79 Å². The van der Waals surface area contributed by atoms with Gasteiger partial charge in [0.1, 0.15) is 5.75 Å². The summed E-state index contributed by atoms with van der Waals surface area (Å²) >= 11 is 0. The summed E-state index contributed by atoms with van der Waals surface area (Å²) in [7, 11) is -3.30. The van der Waals surface area contributed by atoms with Gasteiger partial charge in [0.25, 0.3) is 0 Å². The number of carbonyl (C=O) groups excluding carboxylic acids is 1. The third-order valence-electron chi connectivity index (χ3n) is 4.58. The second kappa shape index (κ2) is 7.45. The summed E-state index contributed by atoms with van der Waals surface area (Å²) in [5.41, 5.74) is 2.21. The molecule has 5 nitrogen and oxygen atoms in total. The molecule has 0 unspecified atom stereocenters. The van der Waals surface area contributed by atoms with Gasteiger partial charge in [-0.2, -0.15) is 0 Å². The van der Waals surface area contributed by atoms with Crippen LogP contribution in [0.15, 0.2) is 24.3 Å². The first-order valence-corrected chi connectivity index (χ1v) is 9.82. The highest BCUT2D eigenvalue weighted by atomic mass is 32.2. The molecule has 23 heavy (non-hydrogen) atoms. The maximum atomic E-state index is 12.0. The molecule has 1 heterocycles. The molecule has 0 aliphatic carbocycles. The van der Waals surface area contributed by atoms with Crippen molar-refractivity contribution in [3.63, 3.8) is 0 Å². The number of hydrogen-bond donors (Lipinski definition) is 1. The molecule has 2 rings (SSSR count). The van der Waals surface area contributed by atoms with Crippen LogP contribution in [0.25, 0.3) is 0 Å². The number of nitrogens with one attached hydrogen (secondary N) is 1. The van der Waals surface area contributed by atoms with Crippen LogP contribution >= 0.6 is 0 Å². The van der Waals surface area contributed by atoms with Gasteiger partial charge in [0, 0.05) is 30.9 Å². The Labute approximate surface area is 138 Å². The quantitative estimate of drug-likeness (QED) is 0.854. The largest absolute Gasteiger partial charge is 0.381 e. The second-order valence-corrected chi connectivity index (χ2v) is 8.51. The van der Waals surface area contributed by atoms with Crippen LogP contribution in [-0.4, -0.2) is 45.6 Å². The first-order valence-electron chi connectivity index (χ1n) is 7.99. The number of carbonyl (C=O) groups is 1. The molecule has 1 amide bonds. The first kappa shape index (κ1) is 17.9. The molecule has 0 bridgehead atoms. The highest BCUT2D eigenvalue weighted by Gasteiger charge is 2.36. The normalized spacial score (nSPS) is 17.7. The van der Waals surface area contributed by atoms with Crippen LogP contribution < -0.4 is 5.32 Å². The van der Waals surface area contributed by atoms with Crippen molar-refractivity contribution in [2.24, 2.45) is 0 Å². The van der Waals surface area contributed by atoms with Gasteiger partial charge >= 0.3 is 0 Å². The van der Waals surface area contributed by atoms with Crippen molar-refractivity contribution in [2.45, 2.75) is 32.1 Å². The zero-order chi connectivity index (χ0) is 16.9. The van der Waals surface area contributed by atoms with Crippen molar-refractivity contribution < 1.29 is 17.9 Å². The second-order valence-electron chi connectivity index (χ2n) is 6.16. The average Bonchev–Trinajstić information content (AvgIpc) is 2.54. The molecule has 0 saturated carbocycles. The smallest absolute Gasteiger partial charge is 0.235 e. The number of amides is 1. The van der Waals surface area contributed by atoms with Crippen molar-refractivity contribution in [3.8, 4) is 0 Å². The molecule has 1 aromatic rings. The molecule has 6 heteroatoms. The fourth-order valence-electron chi connectivity index (χ4n) is 3.09. The Morgan fingerprint density at radius 3 is 2.52 bits per heavy atom. The molecule has 1 N–H and O–H groups in total. The van der Waals surface area contributed by atoms with Crippen LogP contribution in [0.2, 0.25) is 0 Å². The Hall–Kier alpha value is -1.40. The Balaban J connectivity index is 2.14. The van der Waals surface area contributed by atoms with E-state index in [0.29, 0.717) is 19.8 Å². The van der Waals surface area contributed by atoms with Crippen LogP contribution in [0.5, 0.6) is 0 Å². The van der Waals surface area contributed by atoms with Crippen LogP contribution in [0.4, 0.5) is 0 Å². The third-order valence-corrected chi connectivity index (χ3v) is 6.16. The van der Waals surface area contributed by atoms with Gasteiger partial charge in [-0.05, 0) is 30.9 Å². The Bertz CT molecular complexity index is 648. The average molecular weight is 339 g/mol. The zero-order valence-electron chi connectivity index (χ0n) is 13.8. The van der Waals surface area contributed by atoms with Crippen molar-refractivity contribution in [2.75, 3.05) is 31.3 Å². The summed E-state index contributed by atoms with van der Waals surface area (Å²) in [6, 6.07) is 8.16. The van der Waals surface area contributed by atoms with Crippen LogP contribution in [0.3, 0.4) is 0 Å². The standard InChI is InChI=1S/C17H25NO4S/c1-3-23(20,21)12-16(19)18-13-17(8-10-22-11-9-17)15-7-5-4-6-14(15)2/h4-7H,3,8-13H2,1-2H3,(H,18,19). The minimum absolute atomic E-state index is 0.0167. The summed E-state index contributed by atoms with van der Waals surface area (Å²) in [6.07, 6.45) is 1.64. The van der Waals surface area contributed by atoms with Gasteiger partial charge in [0.15, 0.2) is 9.84 Å². The predicted octanol–water partition coefficient (Wildman–Crippen LogP) is 1.59. The number of rotatable bonds is 6. The minimum Gasteiger partial charge on any atom is -0.381 e. The van der Waals surface area contributed by atoms with E-state index in [2.05, 4.69) is 24.4 Å². The first-order chi connectivity index (χ1) is 10.9. The van der Waals surface area contributed by atoms with E-state index in [4.69, 9.17) is 4.74 Å². The number of benzene rings is 1. The van der Waals surface area contributed by atoms with E-state index in [1.807, 2.05) is 12.1 Å². The monoisotopic (exact) mass is 339 g/mol. The minimum atomic E-state index is -3.30. The molecule has 0 aromatic heterocycles. The zero-order valence-corrected chi connectivity index (χ0v) is 14.6. The molecule has 128 valence electrons. The summed E-state index contributed by atoms with van der Waals surface area (Å²) < 4.78 is 28.7. The van der Waals surface area contributed by atoms with Gasteiger partial charge in [-0.25, -0.2) is 8.42 Å². The van der Waals surface area contributed by atoms with Crippen molar-refractivity contribution in [3.05, 3.63) is 35.4 Å². The molecule has 1 aliphatic heterocycles. The summed E-state index contributed by atoms with van der Waals surface area (Å²) in [6.45, 7) is 5.36. The Kier molecular flexibility index (Phi) is 5.81. The van der Waals surface area contributed by atoms with Crippen molar-refractivity contribution >= 4 is 15.7 Å². The number of aryl methyl sites for hydroxylation is 1. The van der Waals surface area contributed by atoms with E-state index < -0.39 is 21.5 Å². The van der Waals surface area contributed by atoms with Crippen LogP contribution in [-0.2, 0) is 24.8 Å². The van der Waals surface area contributed by atoms with Crippen LogP contribution in [0.1, 0.15) is 30.9 Å². The lowest BCUT2D eigenvalue weighted by Gasteiger charge is -2.39. The molecule has 0 spiro atoms. The lowest BCUT2D eigenvalue weighted by atomic mass is 9.72. The lowest BCUT2D eigenvalue weighted by molar-refractivity contribution is -0.119. The van der Waals surface area contributed by atoms with Gasteiger partial charge in [0.2, 0.25) is 5.91 Å². The third kappa shape index (κ3) is 4.54. The van der Waals surface area contributed by atoms with E-state index in [0.717, 1.165) is 12.8 Å². The molecule has 1 aromatic carbocycles. The highest BCUT2D eigenvalue weighted by Crippen LogP contribution is 2.36. The van der Waals surface area contributed by atoms with E-state index in [1.54, 1.807) is 6.92 Å². The molecular formula is C17H25NO4S. The summed E-state index contributed by atoms with van der Waals surface area (Å²) in [5, 5.41) is 2.84. The van der Waals surface area contributed by atoms with Gasteiger partial charge < -0.3 is 10.1 Å². The summed E-state index contributed by atoms with van der Waals surface area (Å²) in [5.74, 6) is -0.882. The van der Waals surface area contributed by atoms with Gasteiger partial charge in [0.05, 0.1) is 0 Å². The fourth-order valence-corrected chi connectivity index (χ4v) is 3.80. The van der Waals surface area contributed by atoms with Crippen LogP contribution in [0, 0.1) is 6.92 Å². The molecule has 0 radical (unpaired) electrons. The molecule has 1 aliphatic rings. The molecular weight excluding hydrogens is 314 g/mol. The Morgan fingerprint density at radius 2 is 1.91 bits per heavy atom. The van der Waals surface area contributed by atoms with E-state index in [9.17, 15) is 13.2 Å². The van der Waals surface area contributed by atoms with E-state index in [1.165, 1.54) is 11.1 Å². The van der Waals surface area contributed by atoms with Crippen molar-refractivity contribution in [1.82, 2.24) is 5.32 Å². The number of sulfone groups is 1. The van der Waals surface area contributed by atoms with E-state index in [-0.39, 0.29) is 11.2 Å². The fraction of sp³-hybridized carbons (Fsp3) is 0.588. The van der Waals surface area contributed by atoms with Gasteiger partial charge in [-0.15, -0.1) is 0 Å². The molecule has 1 saturated heterocycles. The molecule has 1 fully saturated rings. The SMILES string of the molecule is CCS(=O)(=O)CC(=O)NCC1(c2ccccc2C)CCOCC1.